The zero-order chi connectivity index (χ0) is 30.2. The average molecular weight is 619 g/mol. The molecule has 3 atom stereocenters. The zero-order valence-electron chi connectivity index (χ0n) is 24.4. The molecule has 3 N–H and O–H groups in total. The second-order valence-corrected chi connectivity index (χ2v) is 11.9. The molecule has 1 spiro atoms. The van der Waals surface area contributed by atoms with Gasteiger partial charge in [-0.15, -0.1) is 0 Å². The number of hydrogen-bond donors (Lipinski definition) is 3. The number of hydrogen-bond acceptors (Lipinski definition) is 8. The van der Waals surface area contributed by atoms with Gasteiger partial charge in [-0.2, -0.15) is 0 Å². The van der Waals surface area contributed by atoms with E-state index in [4.69, 9.17) is 30.5 Å². The number of pyridine rings is 1. The maximum atomic E-state index is 15.2. The Hall–Kier alpha value is -2.83. The number of nitrogens with one attached hydrogen (secondary N) is 3. The van der Waals surface area contributed by atoms with E-state index in [0.29, 0.717) is 69.2 Å². The van der Waals surface area contributed by atoms with Crippen LogP contribution in [0.1, 0.15) is 49.1 Å². The van der Waals surface area contributed by atoms with Crippen molar-refractivity contribution in [1.29, 1.82) is 0 Å². The van der Waals surface area contributed by atoms with Crippen molar-refractivity contribution in [3.05, 3.63) is 58.6 Å². The van der Waals surface area contributed by atoms with Crippen LogP contribution in [0.3, 0.4) is 0 Å². The Balaban J connectivity index is 1.36. The number of morpholine rings is 1. The van der Waals surface area contributed by atoms with E-state index >= 15 is 4.39 Å². The minimum atomic E-state index is -1.02. The van der Waals surface area contributed by atoms with Crippen molar-refractivity contribution in [3.63, 3.8) is 0 Å². The molecule has 12 heteroatoms. The summed E-state index contributed by atoms with van der Waals surface area (Å²) in [4.78, 5) is 30.6. The van der Waals surface area contributed by atoms with Crippen molar-refractivity contribution in [1.82, 2.24) is 15.6 Å². The molecule has 0 radical (unpaired) electrons. The number of amides is 2. The summed E-state index contributed by atoms with van der Waals surface area (Å²) in [7, 11) is 1.25. The number of carbonyl (C=O) groups is 2. The van der Waals surface area contributed by atoms with Gasteiger partial charge in [0, 0.05) is 68.9 Å². The monoisotopic (exact) mass is 618 g/mol. The fourth-order valence-corrected chi connectivity index (χ4v) is 6.56. The van der Waals surface area contributed by atoms with Crippen molar-refractivity contribution >= 4 is 29.3 Å². The van der Waals surface area contributed by atoms with Crippen LogP contribution in [0.4, 0.5) is 14.9 Å². The van der Waals surface area contributed by atoms with Gasteiger partial charge < -0.3 is 34.9 Å². The van der Waals surface area contributed by atoms with Gasteiger partial charge in [-0.25, -0.2) is 9.18 Å². The van der Waals surface area contributed by atoms with Crippen LogP contribution in [0.2, 0.25) is 5.02 Å². The van der Waals surface area contributed by atoms with Crippen molar-refractivity contribution in [2.75, 3.05) is 51.9 Å². The van der Waals surface area contributed by atoms with E-state index in [1.54, 1.807) is 12.1 Å². The van der Waals surface area contributed by atoms with Crippen molar-refractivity contribution in [2.24, 2.45) is 5.92 Å². The lowest BCUT2D eigenvalue weighted by molar-refractivity contribution is -0.160. The fourth-order valence-electron chi connectivity index (χ4n) is 6.44. The molecule has 4 heterocycles. The Morgan fingerprint density at radius 3 is 2.58 bits per heavy atom. The van der Waals surface area contributed by atoms with Gasteiger partial charge in [0.15, 0.2) is 0 Å². The first-order valence-electron chi connectivity index (χ1n) is 14.9. The topological polar surface area (TPSA) is 120 Å². The summed E-state index contributed by atoms with van der Waals surface area (Å²) in [5.74, 6) is -1.40. The standard InChI is InChI=1S/C31H40ClFN4O6/c1-40-30(39)37-28(27(21-8-12-41-13-9-21)20-2-4-22(32)5-3-20)29(38)36-26-18-34-17-25(33)24(26)7-6-23-16-35-19-31(43-23)10-14-42-15-11-31/h2-5,17-18,21,23,27-28,35H,6-16,19H2,1H3,(H,36,38)(H,37,39)/t23-,27?,28+/m1/s1. The van der Waals surface area contributed by atoms with Crippen molar-refractivity contribution in [2.45, 2.75) is 62.2 Å². The summed E-state index contributed by atoms with van der Waals surface area (Å²) < 4.78 is 37.7. The van der Waals surface area contributed by atoms with Crippen LogP contribution in [0, 0.1) is 11.7 Å². The molecule has 0 aliphatic carbocycles. The molecule has 3 aliphatic heterocycles. The first-order chi connectivity index (χ1) is 20.9. The third kappa shape index (κ3) is 8.02. The minimum absolute atomic E-state index is 0.0291. The maximum absolute atomic E-state index is 15.2. The molecule has 5 rings (SSSR count). The largest absolute Gasteiger partial charge is 0.453 e. The van der Waals surface area contributed by atoms with Gasteiger partial charge in [0.05, 0.1) is 36.9 Å². The normalized spacial score (nSPS) is 22.0. The van der Waals surface area contributed by atoms with Crippen LogP contribution in [0.15, 0.2) is 36.7 Å². The van der Waals surface area contributed by atoms with Gasteiger partial charge >= 0.3 is 6.09 Å². The average Bonchev–Trinajstić information content (AvgIpc) is 3.02. The molecular weight excluding hydrogens is 579 g/mol. The molecule has 10 nitrogen and oxygen atoms in total. The van der Waals surface area contributed by atoms with Crippen LogP contribution in [0.25, 0.3) is 0 Å². The quantitative estimate of drug-likeness (QED) is 0.382. The summed E-state index contributed by atoms with van der Waals surface area (Å²) in [5, 5.41) is 9.66. The highest BCUT2D eigenvalue weighted by molar-refractivity contribution is 6.30. The van der Waals surface area contributed by atoms with E-state index in [9.17, 15) is 9.59 Å². The van der Waals surface area contributed by atoms with Crippen LogP contribution >= 0.6 is 11.6 Å². The number of anilines is 1. The first kappa shape index (κ1) is 31.6. The van der Waals surface area contributed by atoms with Crippen LogP contribution in [-0.2, 0) is 30.2 Å². The summed E-state index contributed by atoms with van der Waals surface area (Å²) >= 11 is 6.17. The molecule has 43 heavy (non-hydrogen) atoms. The molecule has 2 aromatic rings. The molecule has 3 saturated heterocycles. The minimum Gasteiger partial charge on any atom is -0.453 e. The number of carbonyl (C=O) groups excluding carboxylic acids is 2. The Morgan fingerprint density at radius 1 is 1.14 bits per heavy atom. The Labute approximate surface area is 256 Å². The molecule has 0 bridgehead atoms. The molecule has 1 unspecified atom stereocenters. The van der Waals surface area contributed by atoms with Crippen LogP contribution < -0.4 is 16.0 Å². The van der Waals surface area contributed by atoms with Gasteiger partial charge in [0.25, 0.3) is 0 Å². The number of alkyl carbamates (subject to hydrolysis) is 1. The lowest BCUT2D eigenvalue weighted by Gasteiger charge is -2.44. The number of aromatic nitrogens is 1. The highest BCUT2D eigenvalue weighted by Crippen LogP contribution is 2.37. The second-order valence-electron chi connectivity index (χ2n) is 11.5. The van der Waals surface area contributed by atoms with Crippen LogP contribution in [-0.4, -0.2) is 81.4 Å². The molecule has 2 amide bonds. The van der Waals surface area contributed by atoms with Crippen LogP contribution in [0.5, 0.6) is 0 Å². The molecule has 1 aromatic heterocycles. The van der Waals surface area contributed by atoms with E-state index < -0.39 is 29.8 Å². The van der Waals surface area contributed by atoms with E-state index in [1.165, 1.54) is 13.3 Å². The summed E-state index contributed by atoms with van der Waals surface area (Å²) in [5.41, 5.74) is 1.18. The maximum Gasteiger partial charge on any atom is 0.407 e. The SMILES string of the molecule is COC(=O)N[C@H](C(=O)Nc1cncc(F)c1CC[C@@H]1CNCC2(CCOCC2)O1)C(c1ccc(Cl)cc1)C1CCOCC1. The Kier molecular flexibility index (Phi) is 10.8. The number of ether oxygens (including phenoxy) is 4. The predicted molar refractivity (Wildman–Crippen MR) is 159 cm³/mol. The molecule has 3 aliphatic rings. The zero-order valence-corrected chi connectivity index (χ0v) is 25.2. The fraction of sp³-hybridized carbons (Fsp3) is 0.581. The molecule has 3 fully saturated rings. The number of methoxy groups -OCH3 is 1. The predicted octanol–water partition coefficient (Wildman–Crippen LogP) is 4.22. The number of rotatable bonds is 9. The van der Waals surface area contributed by atoms with E-state index in [0.717, 1.165) is 31.1 Å². The highest BCUT2D eigenvalue weighted by Gasteiger charge is 2.40. The summed E-state index contributed by atoms with van der Waals surface area (Å²) in [6.07, 6.45) is 5.66. The molecule has 1 aromatic carbocycles. The third-order valence-electron chi connectivity index (χ3n) is 8.75. The van der Waals surface area contributed by atoms with E-state index in [1.807, 2.05) is 12.1 Å². The summed E-state index contributed by atoms with van der Waals surface area (Å²) in [6.45, 7) is 3.85. The van der Waals surface area contributed by atoms with Gasteiger partial charge in [-0.1, -0.05) is 23.7 Å². The summed E-state index contributed by atoms with van der Waals surface area (Å²) in [6, 6.07) is 6.22. The second kappa shape index (κ2) is 14.8. The molecular formula is C31H40ClFN4O6. The smallest absolute Gasteiger partial charge is 0.407 e. The third-order valence-corrected chi connectivity index (χ3v) is 9.00. The van der Waals surface area contributed by atoms with Gasteiger partial charge in [-0.3, -0.25) is 9.78 Å². The lowest BCUT2D eigenvalue weighted by atomic mass is 9.76. The Bertz CT molecular complexity index is 1230. The van der Waals surface area contributed by atoms with Crippen molar-refractivity contribution < 1.29 is 32.9 Å². The number of halogens is 2. The Morgan fingerprint density at radius 2 is 1.86 bits per heavy atom. The van der Waals surface area contributed by atoms with E-state index in [-0.39, 0.29) is 23.3 Å². The van der Waals surface area contributed by atoms with E-state index in [2.05, 4.69) is 20.9 Å². The van der Waals surface area contributed by atoms with Gasteiger partial charge in [0.2, 0.25) is 5.91 Å². The lowest BCUT2D eigenvalue weighted by Crippen LogP contribution is -2.56. The van der Waals surface area contributed by atoms with Gasteiger partial charge in [0.1, 0.15) is 11.9 Å². The number of benzene rings is 1. The first-order valence-corrected chi connectivity index (χ1v) is 15.3. The molecule has 0 saturated carbocycles. The molecule has 234 valence electrons. The van der Waals surface area contributed by atoms with Gasteiger partial charge in [-0.05, 0) is 49.3 Å². The number of nitrogens with zero attached hydrogens (tertiary/aromatic N) is 1. The van der Waals surface area contributed by atoms with Crippen molar-refractivity contribution in [3.8, 4) is 0 Å². The highest BCUT2D eigenvalue weighted by atomic mass is 35.5.